The summed E-state index contributed by atoms with van der Waals surface area (Å²) in [4.78, 5) is 14.3. The SMILES string of the molecule is COC1CCN(CCC2CCCC2(NC(C)C)C(=O)O)C1. The number of carboxylic acid groups (broad SMARTS) is 1. The zero-order valence-electron chi connectivity index (χ0n) is 13.6. The highest BCUT2D eigenvalue weighted by molar-refractivity contribution is 5.79. The van der Waals surface area contributed by atoms with E-state index in [9.17, 15) is 9.90 Å². The lowest BCUT2D eigenvalue weighted by atomic mass is 9.84. The Balaban J connectivity index is 1.93. The highest BCUT2D eigenvalue weighted by Crippen LogP contribution is 2.39. The molecule has 1 saturated heterocycles. The van der Waals surface area contributed by atoms with E-state index in [-0.39, 0.29) is 12.0 Å². The van der Waals surface area contributed by atoms with Gasteiger partial charge in [-0.3, -0.25) is 10.1 Å². The van der Waals surface area contributed by atoms with Crippen LogP contribution in [0.5, 0.6) is 0 Å². The number of nitrogens with zero attached hydrogens (tertiary/aromatic N) is 1. The van der Waals surface area contributed by atoms with Crippen molar-refractivity contribution in [2.24, 2.45) is 5.92 Å². The van der Waals surface area contributed by atoms with Crippen LogP contribution in [-0.2, 0) is 9.53 Å². The molecule has 0 spiro atoms. The van der Waals surface area contributed by atoms with Gasteiger partial charge >= 0.3 is 5.97 Å². The third-order valence-electron chi connectivity index (χ3n) is 5.10. The van der Waals surface area contributed by atoms with Gasteiger partial charge in [0.1, 0.15) is 5.54 Å². The van der Waals surface area contributed by atoms with Crippen LogP contribution in [0.4, 0.5) is 0 Å². The van der Waals surface area contributed by atoms with Gasteiger partial charge in [0.15, 0.2) is 0 Å². The first kappa shape index (κ1) is 16.7. The van der Waals surface area contributed by atoms with Crippen LogP contribution in [0.3, 0.4) is 0 Å². The molecule has 0 amide bonds. The zero-order chi connectivity index (χ0) is 15.5. The maximum absolute atomic E-state index is 11.9. The van der Waals surface area contributed by atoms with E-state index >= 15 is 0 Å². The molecule has 2 fully saturated rings. The summed E-state index contributed by atoms with van der Waals surface area (Å²) in [6.07, 6.45) is 5.20. The number of likely N-dealkylation sites (tertiary alicyclic amines) is 1. The molecule has 0 radical (unpaired) electrons. The van der Waals surface area contributed by atoms with Crippen molar-refractivity contribution in [3.63, 3.8) is 0 Å². The van der Waals surface area contributed by atoms with Gasteiger partial charge in [-0.1, -0.05) is 6.42 Å². The molecule has 122 valence electrons. The summed E-state index contributed by atoms with van der Waals surface area (Å²) in [5.74, 6) is -0.436. The topological polar surface area (TPSA) is 61.8 Å². The average Bonchev–Trinajstić information content (AvgIpc) is 3.03. The van der Waals surface area contributed by atoms with Crippen LogP contribution in [-0.4, -0.2) is 60.4 Å². The van der Waals surface area contributed by atoms with E-state index in [0.29, 0.717) is 6.10 Å². The molecule has 0 aromatic carbocycles. The molecule has 0 aromatic heterocycles. The van der Waals surface area contributed by atoms with E-state index in [1.807, 2.05) is 13.8 Å². The number of rotatable bonds is 7. The third kappa shape index (κ3) is 3.76. The molecular weight excluding hydrogens is 268 g/mol. The summed E-state index contributed by atoms with van der Waals surface area (Å²) >= 11 is 0. The molecule has 21 heavy (non-hydrogen) atoms. The molecule has 2 N–H and O–H groups in total. The number of hydrogen-bond donors (Lipinski definition) is 2. The minimum absolute atomic E-state index is 0.200. The second kappa shape index (κ2) is 7.07. The van der Waals surface area contributed by atoms with Crippen molar-refractivity contribution >= 4 is 5.97 Å². The van der Waals surface area contributed by atoms with Crippen molar-refractivity contribution < 1.29 is 14.6 Å². The minimum atomic E-state index is -0.714. The highest BCUT2D eigenvalue weighted by atomic mass is 16.5. The monoisotopic (exact) mass is 298 g/mol. The molecule has 1 aliphatic heterocycles. The van der Waals surface area contributed by atoms with Crippen LogP contribution in [0.1, 0.15) is 46.0 Å². The van der Waals surface area contributed by atoms with Gasteiger partial charge in [-0.25, -0.2) is 0 Å². The Morgan fingerprint density at radius 3 is 2.81 bits per heavy atom. The summed E-state index contributed by atoms with van der Waals surface area (Å²) < 4.78 is 5.40. The van der Waals surface area contributed by atoms with Crippen molar-refractivity contribution in [1.82, 2.24) is 10.2 Å². The average molecular weight is 298 g/mol. The summed E-state index contributed by atoms with van der Waals surface area (Å²) in [5, 5.41) is 13.1. The largest absolute Gasteiger partial charge is 0.480 e. The number of hydrogen-bond acceptors (Lipinski definition) is 4. The van der Waals surface area contributed by atoms with Gasteiger partial charge in [-0.05, 0) is 52.0 Å². The van der Waals surface area contributed by atoms with Crippen molar-refractivity contribution in [1.29, 1.82) is 0 Å². The van der Waals surface area contributed by atoms with Crippen molar-refractivity contribution in [2.45, 2.75) is 63.6 Å². The lowest BCUT2D eigenvalue weighted by Gasteiger charge is -2.35. The summed E-state index contributed by atoms with van der Waals surface area (Å²) in [6, 6.07) is 0.200. The molecule has 1 aliphatic carbocycles. The van der Waals surface area contributed by atoms with E-state index < -0.39 is 11.5 Å². The Labute approximate surface area is 128 Å². The van der Waals surface area contributed by atoms with Crippen LogP contribution in [0.15, 0.2) is 0 Å². The number of aliphatic carboxylic acids is 1. The Kier molecular flexibility index (Phi) is 5.63. The Bertz CT molecular complexity index is 361. The molecule has 3 unspecified atom stereocenters. The maximum atomic E-state index is 11.9. The second-order valence-corrected chi connectivity index (χ2v) is 6.90. The number of carbonyl (C=O) groups is 1. The first-order chi connectivity index (χ1) is 9.98. The zero-order valence-corrected chi connectivity index (χ0v) is 13.6. The van der Waals surface area contributed by atoms with Gasteiger partial charge in [-0.2, -0.15) is 0 Å². The molecule has 2 aliphatic rings. The smallest absolute Gasteiger partial charge is 0.324 e. The van der Waals surface area contributed by atoms with Crippen LogP contribution in [0.2, 0.25) is 0 Å². The normalized spacial score (nSPS) is 33.9. The number of ether oxygens (including phenoxy) is 1. The summed E-state index contributed by atoms with van der Waals surface area (Å²) in [7, 11) is 1.77. The van der Waals surface area contributed by atoms with Crippen molar-refractivity contribution in [2.75, 3.05) is 26.7 Å². The fourth-order valence-electron chi connectivity index (χ4n) is 4.05. The molecular formula is C16H30N2O3. The quantitative estimate of drug-likeness (QED) is 0.749. The number of methoxy groups -OCH3 is 1. The molecule has 0 bridgehead atoms. The number of carboxylic acids is 1. The standard InChI is InChI=1S/C16H30N2O3/c1-12(2)17-16(15(19)20)8-4-5-13(16)6-9-18-10-7-14(11-18)21-3/h12-14,17H,4-11H2,1-3H3,(H,19,20). The van der Waals surface area contributed by atoms with Gasteiger partial charge < -0.3 is 14.7 Å². The van der Waals surface area contributed by atoms with Crippen LogP contribution < -0.4 is 5.32 Å². The van der Waals surface area contributed by atoms with E-state index in [2.05, 4.69) is 10.2 Å². The lowest BCUT2D eigenvalue weighted by Crippen LogP contribution is -2.57. The second-order valence-electron chi connectivity index (χ2n) is 6.90. The molecule has 1 heterocycles. The fraction of sp³-hybridized carbons (Fsp3) is 0.938. The van der Waals surface area contributed by atoms with E-state index in [4.69, 9.17) is 4.74 Å². The van der Waals surface area contributed by atoms with Gasteiger partial charge in [0.2, 0.25) is 0 Å². The van der Waals surface area contributed by atoms with Gasteiger partial charge in [0.25, 0.3) is 0 Å². The van der Waals surface area contributed by atoms with E-state index in [1.54, 1.807) is 7.11 Å². The predicted octanol–water partition coefficient (Wildman–Crippen LogP) is 1.72. The molecule has 3 atom stereocenters. The third-order valence-corrected chi connectivity index (χ3v) is 5.10. The van der Waals surface area contributed by atoms with Crippen molar-refractivity contribution in [3.8, 4) is 0 Å². The number of nitrogens with one attached hydrogen (secondary N) is 1. The molecule has 1 saturated carbocycles. The van der Waals surface area contributed by atoms with Gasteiger partial charge in [0.05, 0.1) is 6.10 Å². The minimum Gasteiger partial charge on any atom is -0.480 e. The lowest BCUT2D eigenvalue weighted by molar-refractivity contribution is -0.147. The van der Waals surface area contributed by atoms with E-state index in [1.165, 1.54) is 0 Å². The highest BCUT2D eigenvalue weighted by Gasteiger charge is 2.49. The van der Waals surface area contributed by atoms with E-state index in [0.717, 1.165) is 51.7 Å². The first-order valence-electron chi connectivity index (χ1n) is 8.24. The fourth-order valence-corrected chi connectivity index (χ4v) is 4.05. The van der Waals surface area contributed by atoms with Crippen LogP contribution >= 0.6 is 0 Å². The van der Waals surface area contributed by atoms with Gasteiger partial charge in [0, 0.05) is 26.2 Å². The van der Waals surface area contributed by atoms with Crippen LogP contribution in [0.25, 0.3) is 0 Å². The Morgan fingerprint density at radius 1 is 1.48 bits per heavy atom. The van der Waals surface area contributed by atoms with Crippen molar-refractivity contribution in [3.05, 3.63) is 0 Å². The molecule has 2 rings (SSSR count). The maximum Gasteiger partial charge on any atom is 0.324 e. The molecule has 0 aromatic rings. The Hall–Kier alpha value is -0.650. The predicted molar refractivity (Wildman–Crippen MR) is 82.5 cm³/mol. The van der Waals surface area contributed by atoms with Gasteiger partial charge in [-0.15, -0.1) is 0 Å². The molecule has 5 heteroatoms. The molecule has 5 nitrogen and oxygen atoms in total. The first-order valence-corrected chi connectivity index (χ1v) is 8.24. The van der Waals surface area contributed by atoms with Crippen LogP contribution in [0, 0.1) is 5.92 Å². The Morgan fingerprint density at radius 2 is 2.24 bits per heavy atom. The summed E-state index contributed by atoms with van der Waals surface area (Å²) in [5.41, 5.74) is -0.714. The summed E-state index contributed by atoms with van der Waals surface area (Å²) in [6.45, 7) is 7.11.